The molecule has 7 heteroatoms. The van der Waals surface area contributed by atoms with Crippen molar-refractivity contribution in [3.8, 4) is 0 Å². The van der Waals surface area contributed by atoms with Crippen LogP contribution in [0.5, 0.6) is 0 Å². The molecule has 0 radical (unpaired) electrons. The second-order valence-corrected chi connectivity index (χ2v) is 5.16. The van der Waals surface area contributed by atoms with E-state index >= 15 is 0 Å². The summed E-state index contributed by atoms with van der Waals surface area (Å²) in [5.41, 5.74) is 1.03. The minimum atomic E-state index is -4.42. The number of amides is 1. The van der Waals surface area contributed by atoms with Gasteiger partial charge in [0.25, 0.3) is 0 Å². The van der Waals surface area contributed by atoms with Gasteiger partial charge in [0.05, 0.1) is 6.10 Å². The van der Waals surface area contributed by atoms with Crippen LogP contribution in [0.3, 0.4) is 0 Å². The summed E-state index contributed by atoms with van der Waals surface area (Å²) in [6.45, 7) is -1.05. The highest BCUT2D eigenvalue weighted by atomic mass is 19.4. The Hall–Kier alpha value is -1.60. The summed E-state index contributed by atoms with van der Waals surface area (Å²) in [6.07, 6.45) is -3.72. The van der Waals surface area contributed by atoms with Gasteiger partial charge in [-0.05, 0) is 12.0 Å². The van der Waals surface area contributed by atoms with Gasteiger partial charge in [0, 0.05) is 19.1 Å². The first-order valence-electron chi connectivity index (χ1n) is 7.03. The second kappa shape index (κ2) is 7.60. The van der Waals surface area contributed by atoms with E-state index in [9.17, 15) is 18.0 Å². The van der Waals surface area contributed by atoms with Crippen molar-refractivity contribution in [1.29, 1.82) is 0 Å². The summed E-state index contributed by atoms with van der Waals surface area (Å²) in [6, 6.07) is 9.65. The van der Waals surface area contributed by atoms with Gasteiger partial charge in [-0.15, -0.1) is 0 Å². The van der Waals surface area contributed by atoms with Crippen LogP contribution in [0.15, 0.2) is 30.3 Å². The zero-order valence-electron chi connectivity index (χ0n) is 11.9. The summed E-state index contributed by atoms with van der Waals surface area (Å²) in [7, 11) is 0. The number of carbonyl (C=O) groups is 1. The minimum Gasteiger partial charge on any atom is -0.373 e. The molecule has 1 aliphatic rings. The number of hydrogen-bond donors (Lipinski definition) is 1. The highest BCUT2D eigenvalue weighted by molar-refractivity contribution is 5.77. The maximum atomic E-state index is 11.9. The number of ether oxygens (including phenoxy) is 2. The number of carbonyl (C=O) groups excluding carboxylic acids is 1. The Morgan fingerprint density at radius 3 is 2.73 bits per heavy atom. The van der Waals surface area contributed by atoms with Gasteiger partial charge in [-0.25, -0.2) is 0 Å². The fourth-order valence-electron chi connectivity index (χ4n) is 2.41. The average molecular weight is 317 g/mol. The fourth-order valence-corrected chi connectivity index (χ4v) is 2.41. The predicted molar refractivity (Wildman–Crippen MR) is 73.1 cm³/mol. The molecule has 0 aromatic heterocycles. The Morgan fingerprint density at radius 1 is 1.32 bits per heavy atom. The molecule has 1 saturated heterocycles. The molecule has 2 atom stereocenters. The number of halogens is 3. The first-order chi connectivity index (χ1) is 10.5. The largest absolute Gasteiger partial charge is 0.411 e. The van der Waals surface area contributed by atoms with E-state index in [1.54, 1.807) is 0 Å². The molecule has 0 bridgehead atoms. The van der Waals surface area contributed by atoms with Gasteiger partial charge >= 0.3 is 6.18 Å². The number of rotatable bonds is 6. The van der Waals surface area contributed by atoms with Crippen LogP contribution in [0.2, 0.25) is 0 Å². The third-order valence-electron chi connectivity index (χ3n) is 3.40. The van der Waals surface area contributed by atoms with E-state index < -0.39 is 25.3 Å². The van der Waals surface area contributed by atoms with Crippen LogP contribution in [-0.4, -0.2) is 38.4 Å². The maximum absolute atomic E-state index is 11.9. The Labute approximate surface area is 126 Å². The van der Waals surface area contributed by atoms with Crippen LogP contribution in [0.4, 0.5) is 13.2 Å². The molecule has 1 aromatic carbocycles. The Bertz CT molecular complexity index is 479. The standard InChI is InChI=1S/C15H18F3NO3/c16-15(17,18)10-21-9-13(20)19-8-12-6-7-22-14(12)11-4-2-1-3-5-11/h1-5,12,14H,6-10H2,(H,19,20)/t12-,14-/m0/s1. The van der Waals surface area contributed by atoms with Crippen molar-refractivity contribution >= 4 is 5.91 Å². The quantitative estimate of drug-likeness (QED) is 0.877. The van der Waals surface area contributed by atoms with E-state index in [2.05, 4.69) is 10.1 Å². The van der Waals surface area contributed by atoms with E-state index in [0.717, 1.165) is 12.0 Å². The molecular formula is C15H18F3NO3. The Balaban J connectivity index is 1.75. The number of hydrogen-bond acceptors (Lipinski definition) is 3. The lowest BCUT2D eigenvalue weighted by Crippen LogP contribution is -2.34. The maximum Gasteiger partial charge on any atom is 0.411 e. The van der Waals surface area contributed by atoms with Crippen molar-refractivity contribution in [3.63, 3.8) is 0 Å². The molecule has 22 heavy (non-hydrogen) atoms. The van der Waals surface area contributed by atoms with Crippen molar-refractivity contribution in [2.45, 2.75) is 18.7 Å². The smallest absolute Gasteiger partial charge is 0.373 e. The second-order valence-electron chi connectivity index (χ2n) is 5.16. The van der Waals surface area contributed by atoms with Gasteiger partial charge in [-0.1, -0.05) is 30.3 Å². The zero-order valence-corrected chi connectivity index (χ0v) is 11.9. The van der Waals surface area contributed by atoms with E-state index in [-0.39, 0.29) is 12.0 Å². The summed E-state index contributed by atoms with van der Waals surface area (Å²) in [4.78, 5) is 11.5. The lowest BCUT2D eigenvalue weighted by Gasteiger charge is -2.19. The van der Waals surface area contributed by atoms with Crippen LogP contribution < -0.4 is 5.32 Å². The van der Waals surface area contributed by atoms with Crippen LogP contribution in [-0.2, 0) is 14.3 Å². The van der Waals surface area contributed by atoms with Crippen molar-refractivity contribution in [2.75, 3.05) is 26.4 Å². The molecule has 0 spiro atoms. The zero-order chi connectivity index (χ0) is 16.0. The monoisotopic (exact) mass is 317 g/mol. The number of alkyl halides is 3. The normalized spacial score (nSPS) is 21.8. The van der Waals surface area contributed by atoms with Gasteiger partial charge < -0.3 is 14.8 Å². The molecule has 1 aromatic rings. The van der Waals surface area contributed by atoms with Gasteiger partial charge in [-0.2, -0.15) is 13.2 Å². The number of nitrogens with one attached hydrogen (secondary N) is 1. The number of benzene rings is 1. The first kappa shape index (κ1) is 16.8. The van der Waals surface area contributed by atoms with E-state index in [0.29, 0.717) is 13.2 Å². The van der Waals surface area contributed by atoms with Crippen LogP contribution >= 0.6 is 0 Å². The Kier molecular flexibility index (Phi) is 5.79. The van der Waals surface area contributed by atoms with Gasteiger partial charge in [0.2, 0.25) is 5.91 Å². The van der Waals surface area contributed by atoms with Crippen molar-refractivity contribution < 1.29 is 27.4 Å². The fraction of sp³-hybridized carbons (Fsp3) is 0.533. The van der Waals surface area contributed by atoms with Gasteiger partial charge in [0.1, 0.15) is 13.2 Å². The third kappa shape index (κ3) is 5.31. The molecule has 1 aliphatic heterocycles. The van der Waals surface area contributed by atoms with Gasteiger partial charge in [-0.3, -0.25) is 4.79 Å². The Morgan fingerprint density at radius 2 is 2.05 bits per heavy atom. The highest BCUT2D eigenvalue weighted by Gasteiger charge is 2.30. The summed E-state index contributed by atoms with van der Waals surface area (Å²) in [5, 5.41) is 2.60. The van der Waals surface area contributed by atoms with Crippen molar-refractivity contribution in [2.24, 2.45) is 5.92 Å². The molecule has 0 aliphatic carbocycles. The molecule has 2 rings (SSSR count). The summed E-state index contributed by atoms with van der Waals surface area (Å²) >= 11 is 0. The van der Waals surface area contributed by atoms with E-state index in [1.807, 2.05) is 30.3 Å². The highest BCUT2D eigenvalue weighted by Crippen LogP contribution is 2.33. The molecule has 4 nitrogen and oxygen atoms in total. The molecular weight excluding hydrogens is 299 g/mol. The topological polar surface area (TPSA) is 47.6 Å². The molecule has 122 valence electrons. The summed E-state index contributed by atoms with van der Waals surface area (Å²) in [5.74, 6) is -0.447. The lowest BCUT2D eigenvalue weighted by molar-refractivity contribution is -0.175. The van der Waals surface area contributed by atoms with Crippen LogP contribution in [0, 0.1) is 5.92 Å². The molecule has 0 unspecified atom stereocenters. The van der Waals surface area contributed by atoms with E-state index in [1.165, 1.54) is 0 Å². The van der Waals surface area contributed by atoms with Crippen LogP contribution in [0.1, 0.15) is 18.1 Å². The average Bonchev–Trinajstić information content (AvgIpc) is 2.93. The molecule has 0 saturated carbocycles. The third-order valence-corrected chi connectivity index (χ3v) is 3.40. The van der Waals surface area contributed by atoms with Crippen molar-refractivity contribution in [3.05, 3.63) is 35.9 Å². The minimum absolute atomic E-state index is 0.0995. The first-order valence-corrected chi connectivity index (χ1v) is 7.03. The molecule has 1 fully saturated rings. The summed E-state index contributed by atoms with van der Waals surface area (Å²) < 4.78 is 45.7. The van der Waals surface area contributed by atoms with Crippen LogP contribution in [0.25, 0.3) is 0 Å². The van der Waals surface area contributed by atoms with E-state index in [4.69, 9.17) is 4.74 Å². The molecule has 1 N–H and O–H groups in total. The SMILES string of the molecule is O=C(COCC(F)(F)F)NC[C@@H]1CCO[C@H]1c1ccccc1. The van der Waals surface area contributed by atoms with Gasteiger partial charge in [0.15, 0.2) is 0 Å². The molecule has 1 heterocycles. The molecule has 1 amide bonds. The predicted octanol–water partition coefficient (Wildman–Crippen LogP) is 2.46. The lowest BCUT2D eigenvalue weighted by atomic mass is 9.95. The van der Waals surface area contributed by atoms with Crippen molar-refractivity contribution in [1.82, 2.24) is 5.32 Å².